The first kappa shape index (κ1) is 20.8. The maximum absolute atomic E-state index is 12.3. The number of hydrogen-bond donors (Lipinski definition) is 2. The minimum atomic E-state index is -2.55. The van der Waals surface area contributed by atoms with E-state index in [4.69, 9.17) is 4.74 Å². The molecule has 2 aromatic rings. The molecule has 2 aromatic carbocycles. The second-order valence-electron chi connectivity index (χ2n) is 6.32. The third-order valence-electron chi connectivity index (χ3n) is 4.01. The summed E-state index contributed by atoms with van der Waals surface area (Å²) in [5.74, 6) is -4.18. The van der Waals surface area contributed by atoms with Crippen LogP contribution in [0.2, 0.25) is 0 Å². The summed E-state index contributed by atoms with van der Waals surface area (Å²) >= 11 is 0.367. The third-order valence-corrected chi connectivity index (χ3v) is 4.73. The van der Waals surface area contributed by atoms with Gasteiger partial charge in [0.15, 0.2) is 6.61 Å². The summed E-state index contributed by atoms with van der Waals surface area (Å²) in [7, 11) is 0. The van der Waals surface area contributed by atoms with E-state index in [9.17, 15) is 23.2 Å². The Morgan fingerprint density at radius 3 is 2.41 bits per heavy atom. The Balaban J connectivity index is 1.53. The zero-order chi connectivity index (χ0) is 20.8. The number of ether oxygens (including phenoxy) is 1. The molecule has 2 amide bonds. The number of amides is 2. The molecule has 0 unspecified atom stereocenters. The van der Waals surface area contributed by atoms with Crippen LogP contribution < -0.4 is 10.6 Å². The van der Waals surface area contributed by atoms with Gasteiger partial charge in [-0.1, -0.05) is 23.9 Å². The number of halogens is 2. The van der Waals surface area contributed by atoms with E-state index in [1.165, 1.54) is 24.3 Å². The number of benzene rings is 2. The number of carbonyl (C=O) groups excluding carboxylic acids is 3. The normalized spacial score (nSPS) is 13.1. The van der Waals surface area contributed by atoms with Crippen LogP contribution in [0.4, 0.5) is 14.5 Å². The van der Waals surface area contributed by atoms with Crippen LogP contribution in [-0.2, 0) is 9.53 Å². The lowest BCUT2D eigenvalue weighted by molar-refractivity contribution is -0.119. The average molecular weight is 420 g/mol. The van der Waals surface area contributed by atoms with E-state index >= 15 is 0 Å². The lowest BCUT2D eigenvalue weighted by Gasteiger charge is -2.11. The Morgan fingerprint density at radius 1 is 1.07 bits per heavy atom. The van der Waals surface area contributed by atoms with Gasteiger partial charge in [-0.2, -0.15) is 8.78 Å². The predicted molar refractivity (Wildman–Crippen MR) is 104 cm³/mol. The van der Waals surface area contributed by atoms with Gasteiger partial charge in [-0.25, -0.2) is 4.79 Å². The molecule has 0 saturated heterocycles. The number of esters is 1. The standard InChI is InChI=1S/C20H18F2N2O4S/c21-20(22)29-14-9-5-12(6-10-14)19(27)28-11-17(25)24-16-4-2-1-3-15(16)18(26)23-13-7-8-13/h1-6,9-10,13,20H,7-8,11H2,(H,23,26)(H,24,25). The van der Waals surface area contributed by atoms with Crippen molar-refractivity contribution in [2.45, 2.75) is 29.5 Å². The molecule has 29 heavy (non-hydrogen) atoms. The van der Waals surface area contributed by atoms with E-state index in [0.29, 0.717) is 27.9 Å². The second-order valence-corrected chi connectivity index (χ2v) is 7.38. The smallest absolute Gasteiger partial charge is 0.338 e. The maximum atomic E-state index is 12.3. The first-order valence-electron chi connectivity index (χ1n) is 8.84. The van der Waals surface area contributed by atoms with Crippen LogP contribution in [0.1, 0.15) is 33.6 Å². The van der Waals surface area contributed by atoms with Crippen molar-refractivity contribution in [3.05, 3.63) is 59.7 Å². The zero-order valence-corrected chi connectivity index (χ0v) is 16.0. The van der Waals surface area contributed by atoms with Crippen LogP contribution in [0.5, 0.6) is 0 Å². The minimum absolute atomic E-state index is 0.139. The first-order valence-corrected chi connectivity index (χ1v) is 9.72. The average Bonchev–Trinajstić information content (AvgIpc) is 3.50. The molecule has 0 aliphatic heterocycles. The maximum Gasteiger partial charge on any atom is 0.338 e. The van der Waals surface area contributed by atoms with E-state index in [1.54, 1.807) is 24.3 Å². The van der Waals surface area contributed by atoms with E-state index in [0.717, 1.165) is 12.8 Å². The molecule has 0 heterocycles. The van der Waals surface area contributed by atoms with Crippen molar-refractivity contribution >= 4 is 35.2 Å². The van der Waals surface area contributed by atoms with Crippen LogP contribution in [0.25, 0.3) is 0 Å². The Morgan fingerprint density at radius 2 is 1.76 bits per heavy atom. The highest BCUT2D eigenvalue weighted by atomic mass is 32.2. The van der Waals surface area contributed by atoms with Crippen LogP contribution in [-0.4, -0.2) is 36.2 Å². The molecule has 1 aliphatic carbocycles. The van der Waals surface area contributed by atoms with Gasteiger partial charge in [0, 0.05) is 10.9 Å². The Bertz CT molecular complexity index is 902. The number of rotatable bonds is 8. The Hall–Kier alpha value is -2.94. The van der Waals surface area contributed by atoms with Gasteiger partial charge in [0.05, 0.1) is 16.8 Å². The minimum Gasteiger partial charge on any atom is -0.452 e. The fourth-order valence-electron chi connectivity index (χ4n) is 2.45. The van der Waals surface area contributed by atoms with Gasteiger partial charge in [-0.05, 0) is 49.2 Å². The lowest BCUT2D eigenvalue weighted by atomic mass is 10.1. The zero-order valence-electron chi connectivity index (χ0n) is 15.2. The molecular weight excluding hydrogens is 402 g/mol. The van der Waals surface area contributed by atoms with Crippen molar-refractivity contribution in [3.63, 3.8) is 0 Å². The molecule has 2 N–H and O–H groups in total. The van der Waals surface area contributed by atoms with Crippen LogP contribution in [0, 0.1) is 0 Å². The van der Waals surface area contributed by atoms with Crippen molar-refractivity contribution in [3.8, 4) is 0 Å². The van der Waals surface area contributed by atoms with E-state index in [1.807, 2.05) is 0 Å². The second kappa shape index (κ2) is 9.51. The van der Waals surface area contributed by atoms with Crippen LogP contribution >= 0.6 is 11.8 Å². The highest BCUT2D eigenvalue weighted by Crippen LogP contribution is 2.25. The summed E-state index contributed by atoms with van der Waals surface area (Å²) in [6, 6.07) is 12.2. The molecular formula is C20H18F2N2O4S. The molecule has 0 atom stereocenters. The summed E-state index contributed by atoms with van der Waals surface area (Å²) in [5.41, 5.74) is 0.784. The Labute approximate surface area is 170 Å². The van der Waals surface area contributed by atoms with Gasteiger partial charge in [0.25, 0.3) is 17.6 Å². The van der Waals surface area contributed by atoms with Crippen molar-refractivity contribution in [2.24, 2.45) is 0 Å². The number of alkyl halides is 2. The van der Waals surface area contributed by atoms with Crippen molar-refractivity contribution in [2.75, 3.05) is 11.9 Å². The van der Waals surface area contributed by atoms with E-state index < -0.39 is 24.2 Å². The molecule has 1 saturated carbocycles. The number of carbonyl (C=O) groups is 3. The van der Waals surface area contributed by atoms with Gasteiger partial charge >= 0.3 is 5.97 Å². The summed E-state index contributed by atoms with van der Waals surface area (Å²) in [6.07, 6.45) is 1.88. The summed E-state index contributed by atoms with van der Waals surface area (Å²) < 4.78 is 29.6. The molecule has 0 aromatic heterocycles. The first-order chi connectivity index (χ1) is 13.9. The predicted octanol–water partition coefficient (Wildman–Crippen LogP) is 3.69. The van der Waals surface area contributed by atoms with E-state index in [2.05, 4.69) is 10.6 Å². The quantitative estimate of drug-likeness (QED) is 0.503. The topological polar surface area (TPSA) is 84.5 Å². The molecule has 6 nitrogen and oxygen atoms in total. The molecule has 9 heteroatoms. The number of anilines is 1. The largest absolute Gasteiger partial charge is 0.452 e. The van der Waals surface area contributed by atoms with Gasteiger partial charge in [0.1, 0.15) is 0 Å². The number of thioether (sulfide) groups is 1. The van der Waals surface area contributed by atoms with Crippen molar-refractivity contribution in [1.82, 2.24) is 5.32 Å². The van der Waals surface area contributed by atoms with Crippen LogP contribution in [0.15, 0.2) is 53.4 Å². The summed E-state index contributed by atoms with van der Waals surface area (Å²) in [5, 5.41) is 5.41. The third kappa shape index (κ3) is 6.28. The van der Waals surface area contributed by atoms with Gasteiger partial charge in [0.2, 0.25) is 0 Å². The van der Waals surface area contributed by atoms with E-state index in [-0.39, 0.29) is 17.5 Å². The molecule has 3 rings (SSSR count). The molecule has 152 valence electrons. The van der Waals surface area contributed by atoms with Crippen molar-refractivity contribution in [1.29, 1.82) is 0 Å². The fraction of sp³-hybridized carbons (Fsp3) is 0.250. The monoisotopic (exact) mass is 420 g/mol. The van der Waals surface area contributed by atoms with Gasteiger partial charge in [-0.3, -0.25) is 9.59 Å². The SMILES string of the molecule is O=C(COC(=O)c1ccc(SC(F)F)cc1)Nc1ccccc1C(=O)NC1CC1. The Kier molecular flexibility index (Phi) is 6.82. The molecule has 0 radical (unpaired) electrons. The number of para-hydroxylation sites is 1. The molecule has 1 fully saturated rings. The fourth-order valence-corrected chi connectivity index (χ4v) is 2.95. The summed E-state index contributed by atoms with van der Waals surface area (Å²) in [4.78, 5) is 36.7. The highest BCUT2D eigenvalue weighted by Gasteiger charge is 2.25. The van der Waals surface area contributed by atoms with Crippen LogP contribution in [0.3, 0.4) is 0 Å². The molecule has 0 spiro atoms. The molecule has 0 bridgehead atoms. The highest BCUT2D eigenvalue weighted by molar-refractivity contribution is 7.99. The van der Waals surface area contributed by atoms with Crippen molar-refractivity contribution < 1.29 is 27.9 Å². The number of nitrogens with one attached hydrogen (secondary N) is 2. The molecule has 1 aliphatic rings. The van der Waals surface area contributed by atoms with Gasteiger partial charge < -0.3 is 15.4 Å². The number of hydrogen-bond acceptors (Lipinski definition) is 5. The van der Waals surface area contributed by atoms with Gasteiger partial charge in [-0.15, -0.1) is 0 Å². The lowest BCUT2D eigenvalue weighted by Crippen LogP contribution is -2.28. The summed E-state index contributed by atoms with van der Waals surface area (Å²) in [6.45, 7) is -0.551.